The zero-order valence-electron chi connectivity index (χ0n) is 7.30. The summed E-state index contributed by atoms with van der Waals surface area (Å²) in [7, 11) is -3.41. The fourth-order valence-electron chi connectivity index (χ4n) is 1.31. The summed E-state index contributed by atoms with van der Waals surface area (Å²) in [5.41, 5.74) is 0. The molecular weight excluding hydrogens is 218 g/mol. The summed E-state index contributed by atoms with van der Waals surface area (Å²) in [6, 6.07) is 9.64. The van der Waals surface area contributed by atoms with Gasteiger partial charge in [-0.25, -0.2) is 13.6 Å². The Labute approximate surface area is 86.2 Å². The molecule has 0 saturated carbocycles. The maximum atomic E-state index is 10.9. The quantitative estimate of drug-likeness (QED) is 0.848. The van der Waals surface area contributed by atoms with Gasteiger partial charge in [0.25, 0.3) is 0 Å². The highest BCUT2D eigenvalue weighted by molar-refractivity contribution is 7.88. The molecule has 0 spiro atoms. The number of primary sulfonamides is 1. The number of sulfonamides is 1. The van der Waals surface area contributed by atoms with Crippen LogP contribution in [-0.4, -0.2) is 8.42 Å². The Balaban J connectivity index is 2.46. The third kappa shape index (κ3) is 2.12. The number of fused-ring (bicyclic) bond motifs is 1. The highest BCUT2D eigenvalue weighted by Crippen LogP contribution is 2.25. The van der Waals surface area contributed by atoms with E-state index in [1.807, 2.05) is 30.3 Å². The molecule has 2 rings (SSSR count). The molecule has 0 amide bonds. The van der Waals surface area contributed by atoms with Gasteiger partial charge in [-0.1, -0.05) is 18.2 Å². The van der Waals surface area contributed by atoms with Crippen molar-refractivity contribution in [1.29, 1.82) is 0 Å². The fourth-order valence-corrected chi connectivity index (χ4v) is 3.37. The number of thiophene rings is 1. The fraction of sp³-hybridized carbons (Fsp3) is 0.111. The first-order chi connectivity index (χ1) is 6.54. The Bertz CT molecular complexity index is 524. The first-order valence-corrected chi connectivity index (χ1v) is 6.56. The Morgan fingerprint density at radius 2 is 2.00 bits per heavy atom. The largest absolute Gasteiger partial charge is 0.228 e. The Morgan fingerprint density at radius 3 is 2.64 bits per heavy atom. The molecule has 0 bridgehead atoms. The summed E-state index contributed by atoms with van der Waals surface area (Å²) in [4.78, 5) is 0.786. The SMILES string of the molecule is NS(=O)(=O)Cc1cc2ccccc2s1. The summed E-state index contributed by atoms with van der Waals surface area (Å²) in [5.74, 6) is -0.0770. The molecule has 0 saturated heterocycles. The van der Waals surface area contributed by atoms with E-state index in [1.54, 1.807) is 0 Å². The Kier molecular flexibility index (Phi) is 2.30. The van der Waals surface area contributed by atoms with Gasteiger partial charge in [0, 0.05) is 9.58 Å². The first kappa shape index (κ1) is 9.64. The third-order valence-corrected chi connectivity index (χ3v) is 3.83. The smallest absolute Gasteiger partial charge is 0.214 e. The van der Waals surface area contributed by atoms with Gasteiger partial charge in [-0.2, -0.15) is 0 Å². The van der Waals surface area contributed by atoms with Crippen LogP contribution < -0.4 is 5.14 Å². The summed E-state index contributed by atoms with van der Waals surface area (Å²) in [6.07, 6.45) is 0. The van der Waals surface area contributed by atoms with Crippen LogP contribution >= 0.6 is 11.3 Å². The van der Waals surface area contributed by atoms with Gasteiger partial charge in [0.15, 0.2) is 0 Å². The number of hydrogen-bond acceptors (Lipinski definition) is 3. The summed E-state index contributed by atoms with van der Waals surface area (Å²) >= 11 is 1.46. The monoisotopic (exact) mass is 227 g/mol. The topological polar surface area (TPSA) is 60.2 Å². The zero-order valence-corrected chi connectivity index (χ0v) is 8.94. The molecule has 0 aliphatic rings. The van der Waals surface area contributed by atoms with Crippen LogP contribution in [0.25, 0.3) is 10.1 Å². The second-order valence-electron chi connectivity index (χ2n) is 3.06. The minimum absolute atomic E-state index is 0.0770. The normalized spacial score (nSPS) is 12.1. The summed E-state index contributed by atoms with van der Waals surface area (Å²) in [5, 5.41) is 6.03. The molecule has 0 unspecified atom stereocenters. The Hall–Kier alpha value is -0.910. The van der Waals surface area contributed by atoms with E-state index >= 15 is 0 Å². The minimum atomic E-state index is -3.41. The van der Waals surface area contributed by atoms with Crippen molar-refractivity contribution in [1.82, 2.24) is 0 Å². The molecule has 1 aromatic carbocycles. The van der Waals surface area contributed by atoms with E-state index in [0.29, 0.717) is 0 Å². The van der Waals surface area contributed by atoms with Crippen LogP contribution in [0.1, 0.15) is 4.88 Å². The summed E-state index contributed by atoms with van der Waals surface area (Å²) in [6.45, 7) is 0. The first-order valence-electron chi connectivity index (χ1n) is 4.02. The molecule has 3 nitrogen and oxygen atoms in total. The maximum Gasteiger partial charge on any atom is 0.214 e. The lowest BCUT2D eigenvalue weighted by Crippen LogP contribution is -2.13. The molecule has 74 valence electrons. The average molecular weight is 227 g/mol. The molecule has 5 heteroatoms. The van der Waals surface area contributed by atoms with Crippen molar-refractivity contribution in [2.24, 2.45) is 5.14 Å². The van der Waals surface area contributed by atoms with Gasteiger partial charge in [0.05, 0.1) is 5.75 Å². The lowest BCUT2D eigenvalue weighted by atomic mass is 10.2. The van der Waals surface area contributed by atoms with Crippen molar-refractivity contribution >= 4 is 31.4 Å². The van der Waals surface area contributed by atoms with Gasteiger partial charge in [-0.05, 0) is 17.5 Å². The van der Waals surface area contributed by atoms with Crippen LogP contribution in [0.3, 0.4) is 0 Å². The number of hydrogen-bond donors (Lipinski definition) is 1. The molecular formula is C9H9NO2S2. The van der Waals surface area contributed by atoms with Crippen molar-refractivity contribution in [3.8, 4) is 0 Å². The van der Waals surface area contributed by atoms with Gasteiger partial charge >= 0.3 is 0 Å². The van der Waals surface area contributed by atoms with Gasteiger partial charge in [0.1, 0.15) is 0 Å². The van der Waals surface area contributed by atoms with Crippen LogP contribution in [-0.2, 0) is 15.8 Å². The van der Waals surface area contributed by atoms with E-state index in [2.05, 4.69) is 0 Å². The average Bonchev–Trinajstić information content (AvgIpc) is 2.42. The van der Waals surface area contributed by atoms with Crippen LogP contribution in [0.5, 0.6) is 0 Å². The lowest BCUT2D eigenvalue weighted by Gasteiger charge is -1.91. The predicted octanol–water partition coefficient (Wildman–Crippen LogP) is 1.69. The van der Waals surface area contributed by atoms with E-state index in [0.717, 1.165) is 15.0 Å². The maximum absolute atomic E-state index is 10.9. The van der Waals surface area contributed by atoms with E-state index in [1.165, 1.54) is 11.3 Å². The molecule has 1 heterocycles. The van der Waals surface area contributed by atoms with Crippen molar-refractivity contribution in [2.75, 3.05) is 0 Å². The molecule has 1 aromatic heterocycles. The van der Waals surface area contributed by atoms with Crippen LogP contribution in [0.4, 0.5) is 0 Å². The highest BCUT2D eigenvalue weighted by atomic mass is 32.2. The second-order valence-corrected chi connectivity index (χ2v) is 5.84. The minimum Gasteiger partial charge on any atom is -0.228 e. The van der Waals surface area contributed by atoms with E-state index in [-0.39, 0.29) is 5.75 Å². The molecule has 2 N–H and O–H groups in total. The molecule has 0 radical (unpaired) electrons. The molecule has 14 heavy (non-hydrogen) atoms. The van der Waals surface area contributed by atoms with Crippen molar-refractivity contribution in [3.05, 3.63) is 35.2 Å². The van der Waals surface area contributed by atoms with Crippen LogP contribution in [0.15, 0.2) is 30.3 Å². The second kappa shape index (κ2) is 3.34. The van der Waals surface area contributed by atoms with E-state index in [9.17, 15) is 8.42 Å². The van der Waals surface area contributed by atoms with E-state index < -0.39 is 10.0 Å². The number of rotatable bonds is 2. The van der Waals surface area contributed by atoms with Crippen molar-refractivity contribution in [2.45, 2.75) is 5.75 Å². The van der Waals surface area contributed by atoms with Crippen LogP contribution in [0, 0.1) is 0 Å². The third-order valence-electron chi connectivity index (χ3n) is 1.82. The van der Waals surface area contributed by atoms with Crippen LogP contribution in [0.2, 0.25) is 0 Å². The van der Waals surface area contributed by atoms with E-state index in [4.69, 9.17) is 5.14 Å². The lowest BCUT2D eigenvalue weighted by molar-refractivity contribution is 0.597. The Morgan fingerprint density at radius 1 is 1.29 bits per heavy atom. The zero-order chi connectivity index (χ0) is 10.2. The molecule has 0 aliphatic carbocycles. The molecule has 0 fully saturated rings. The molecule has 2 aromatic rings. The van der Waals surface area contributed by atoms with Gasteiger partial charge in [-0.3, -0.25) is 0 Å². The molecule has 0 aliphatic heterocycles. The number of benzene rings is 1. The van der Waals surface area contributed by atoms with Gasteiger partial charge in [-0.15, -0.1) is 11.3 Å². The van der Waals surface area contributed by atoms with Gasteiger partial charge in [0.2, 0.25) is 10.0 Å². The standard InChI is InChI=1S/C9H9NO2S2/c10-14(11,12)6-8-5-7-3-1-2-4-9(7)13-8/h1-5H,6H2,(H2,10,11,12). The number of nitrogens with two attached hydrogens (primary N) is 1. The predicted molar refractivity (Wildman–Crippen MR) is 58.6 cm³/mol. The van der Waals surface area contributed by atoms with Gasteiger partial charge < -0.3 is 0 Å². The highest BCUT2D eigenvalue weighted by Gasteiger charge is 2.08. The van der Waals surface area contributed by atoms with Crippen molar-refractivity contribution in [3.63, 3.8) is 0 Å². The summed E-state index contributed by atoms with van der Waals surface area (Å²) < 4.78 is 22.8. The molecule has 0 atom stereocenters. The van der Waals surface area contributed by atoms with Crippen molar-refractivity contribution < 1.29 is 8.42 Å².